The van der Waals surface area contributed by atoms with E-state index in [1.165, 1.54) is 32.1 Å². The van der Waals surface area contributed by atoms with E-state index in [4.69, 9.17) is 14.1 Å². The molecule has 0 bridgehead atoms. The second-order valence-corrected chi connectivity index (χ2v) is 8.69. The first-order chi connectivity index (χ1) is 14.8. The van der Waals surface area contributed by atoms with Crippen LogP contribution < -0.4 is 10.6 Å². The van der Waals surface area contributed by atoms with Crippen molar-refractivity contribution in [1.82, 2.24) is 15.5 Å². The number of guanidine groups is 1. The highest BCUT2D eigenvalue weighted by molar-refractivity contribution is 5.79. The molecule has 170 valence electrons. The van der Waals surface area contributed by atoms with E-state index in [-0.39, 0.29) is 12.0 Å². The molecular formula is C23H40N4O3. The standard InChI is InChI=1S/C23H40N4O3/c28-16-10-23(8-2-1-3-9-23)20-26-22(25-12-7-21-6-4-17-30-21)24-11-5-13-27-14-18-29-19-15-27/h4,6,17,28H,1-3,5,7-16,18-20H2,(H2,24,25,26). The largest absolute Gasteiger partial charge is 0.469 e. The zero-order valence-corrected chi connectivity index (χ0v) is 18.4. The summed E-state index contributed by atoms with van der Waals surface area (Å²) in [5.74, 6) is 1.87. The number of aliphatic hydroxyl groups is 1. The van der Waals surface area contributed by atoms with Gasteiger partial charge in [0.1, 0.15) is 5.76 Å². The van der Waals surface area contributed by atoms with Crippen LogP contribution in [0.2, 0.25) is 0 Å². The molecule has 1 aromatic heterocycles. The van der Waals surface area contributed by atoms with Crippen molar-refractivity contribution in [1.29, 1.82) is 0 Å². The molecule has 7 nitrogen and oxygen atoms in total. The second-order valence-electron chi connectivity index (χ2n) is 8.69. The zero-order chi connectivity index (χ0) is 20.9. The Morgan fingerprint density at radius 3 is 2.67 bits per heavy atom. The van der Waals surface area contributed by atoms with E-state index in [2.05, 4.69) is 15.5 Å². The molecule has 3 N–H and O–H groups in total. The third-order valence-corrected chi connectivity index (χ3v) is 6.42. The highest BCUT2D eigenvalue weighted by Gasteiger charge is 2.31. The number of furan rings is 1. The van der Waals surface area contributed by atoms with Gasteiger partial charge in [0.05, 0.1) is 19.5 Å². The Hall–Kier alpha value is -1.57. The Balaban J connectivity index is 1.49. The van der Waals surface area contributed by atoms with Crippen molar-refractivity contribution in [3.05, 3.63) is 24.2 Å². The van der Waals surface area contributed by atoms with Gasteiger partial charge in [-0.3, -0.25) is 9.89 Å². The SMILES string of the molecule is OCCC1(CN=C(NCCCN2CCOCC2)NCCc2ccco2)CCCCC1. The molecule has 1 aromatic rings. The lowest BCUT2D eigenvalue weighted by Crippen LogP contribution is -2.42. The van der Waals surface area contributed by atoms with Gasteiger partial charge in [-0.2, -0.15) is 0 Å². The molecule has 2 fully saturated rings. The van der Waals surface area contributed by atoms with E-state index < -0.39 is 0 Å². The van der Waals surface area contributed by atoms with E-state index in [9.17, 15) is 5.11 Å². The third-order valence-electron chi connectivity index (χ3n) is 6.42. The van der Waals surface area contributed by atoms with Crippen LogP contribution in [0.3, 0.4) is 0 Å². The zero-order valence-electron chi connectivity index (χ0n) is 18.4. The van der Waals surface area contributed by atoms with Crippen LogP contribution >= 0.6 is 0 Å². The monoisotopic (exact) mass is 420 g/mol. The van der Waals surface area contributed by atoms with Gasteiger partial charge in [-0.25, -0.2) is 0 Å². The minimum Gasteiger partial charge on any atom is -0.469 e. The highest BCUT2D eigenvalue weighted by atomic mass is 16.5. The molecule has 0 spiro atoms. The molecule has 2 heterocycles. The van der Waals surface area contributed by atoms with Crippen molar-refractivity contribution in [3.8, 4) is 0 Å². The maximum absolute atomic E-state index is 9.59. The molecule has 1 aliphatic carbocycles. The van der Waals surface area contributed by atoms with E-state index >= 15 is 0 Å². The van der Waals surface area contributed by atoms with E-state index in [1.807, 2.05) is 12.1 Å². The summed E-state index contributed by atoms with van der Waals surface area (Å²) in [7, 11) is 0. The molecule has 0 aromatic carbocycles. The van der Waals surface area contributed by atoms with E-state index in [0.29, 0.717) is 0 Å². The second kappa shape index (κ2) is 13.0. The number of aliphatic hydroxyl groups excluding tert-OH is 1. The lowest BCUT2D eigenvalue weighted by atomic mass is 9.72. The quantitative estimate of drug-likeness (QED) is 0.290. The van der Waals surface area contributed by atoms with Crippen molar-refractivity contribution in [2.45, 2.75) is 51.4 Å². The van der Waals surface area contributed by atoms with Crippen molar-refractivity contribution in [2.75, 3.05) is 59.1 Å². The van der Waals surface area contributed by atoms with Crippen molar-refractivity contribution in [3.63, 3.8) is 0 Å². The molecule has 0 amide bonds. The summed E-state index contributed by atoms with van der Waals surface area (Å²) in [6.07, 6.45) is 10.7. The summed E-state index contributed by atoms with van der Waals surface area (Å²) in [5.41, 5.74) is 0.163. The van der Waals surface area contributed by atoms with Crippen LogP contribution in [0.4, 0.5) is 0 Å². The first-order valence-corrected chi connectivity index (χ1v) is 11.8. The molecule has 0 unspecified atom stereocenters. The maximum atomic E-state index is 9.59. The fourth-order valence-corrected chi connectivity index (χ4v) is 4.54. The molecule has 1 saturated carbocycles. The Kier molecular flexibility index (Phi) is 9.99. The topological polar surface area (TPSA) is 82.3 Å². The van der Waals surface area contributed by atoms with Gasteiger partial charge >= 0.3 is 0 Å². The molecule has 3 rings (SSSR count). The number of aliphatic imine (C=N–C) groups is 1. The van der Waals surface area contributed by atoms with Crippen LogP contribution in [0.5, 0.6) is 0 Å². The normalized spacial score (nSPS) is 20.2. The minimum absolute atomic E-state index is 0.163. The summed E-state index contributed by atoms with van der Waals surface area (Å²) in [6, 6.07) is 3.93. The van der Waals surface area contributed by atoms with Crippen LogP contribution in [0, 0.1) is 5.41 Å². The third kappa shape index (κ3) is 7.93. The summed E-state index contributed by atoms with van der Waals surface area (Å²) >= 11 is 0. The van der Waals surface area contributed by atoms with Gasteiger partial charge in [0.2, 0.25) is 0 Å². The molecular weight excluding hydrogens is 380 g/mol. The number of rotatable bonds is 11. The predicted octanol–water partition coefficient (Wildman–Crippen LogP) is 2.41. The van der Waals surface area contributed by atoms with E-state index in [0.717, 1.165) is 83.5 Å². The van der Waals surface area contributed by atoms with Gasteiger partial charge in [-0.05, 0) is 49.8 Å². The predicted molar refractivity (Wildman–Crippen MR) is 120 cm³/mol. The smallest absolute Gasteiger partial charge is 0.191 e. The number of hydrogen-bond donors (Lipinski definition) is 3. The Labute approximate surface area is 181 Å². The van der Waals surface area contributed by atoms with Crippen molar-refractivity contribution < 1.29 is 14.3 Å². The summed E-state index contributed by atoms with van der Waals surface area (Å²) in [5, 5.41) is 16.6. The van der Waals surface area contributed by atoms with Gasteiger partial charge in [-0.15, -0.1) is 0 Å². The highest BCUT2D eigenvalue weighted by Crippen LogP contribution is 2.39. The fourth-order valence-electron chi connectivity index (χ4n) is 4.54. The van der Waals surface area contributed by atoms with E-state index in [1.54, 1.807) is 6.26 Å². The molecule has 0 atom stereocenters. The number of morpholine rings is 1. The summed E-state index contributed by atoms with van der Waals surface area (Å²) in [4.78, 5) is 7.42. The van der Waals surface area contributed by atoms with Crippen LogP contribution in [0.1, 0.15) is 50.7 Å². The molecule has 7 heteroatoms. The van der Waals surface area contributed by atoms with Crippen LogP contribution in [-0.2, 0) is 11.2 Å². The Bertz CT molecular complexity index is 588. The lowest BCUT2D eigenvalue weighted by Gasteiger charge is -2.35. The molecule has 30 heavy (non-hydrogen) atoms. The lowest BCUT2D eigenvalue weighted by molar-refractivity contribution is 0.0376. The van der Waals surface area contributed by atoms with Crippen molar-refractivity contribution >= 4 is 5.96 Å². The first-order valence-electron chi connectivity index (χ1n) is 11.8. The van der Waals surface area contributed by atoms with Crippen molar-refractivity contribution in [2.24, 2.45) is 10.4 Å². The Morgan fingerprint density at radius 2 is 1.93 bits per heavy atom. The van der Waals surface area contributed by atoms with Gasteiger partial charge in [0, 0.05) is 45.8 Å². The van der Waals surface area contributed by atoms with Crippen LogP contribution in [-0.4, -0.2) is 75.1 Å². The summed E-state index contributed by atoms with van der Waals surface area (Å²) in [6.45, 7) is 7.58. The molecule has 2 aliphatic rings. The molecule has 1 aliphatic heterocycles. The van der Waals surface area contributed by atoms with Crippen LogP contribution in [0.15, 0.2) is 27.8 Å². The average Bonchev–Trinajstić information content (AvgIpc) is 3.30. The molecule has 0 radical (unpaired) electrons. The van der Waals surface area contributed by atoms with Gasteiger partial charge < -0.3 is 24.9 Å². The van der Waals surface area contributed by atoms with Gasteiger partial charge in [-0.1, -0.05) is 19.3 Å². The Morgan fingerprint density at radius 1 is 1.13 bits per heavy atom. The average molecular weight is 421 g/mol. The first kappa shape index (κ1) is 23.1. The maximum Gasteiger partial charge on any atom is 0.191 e. The number of nitrogens with zero attached hydrogens (tertiary/aromatic N) is 2. The summed E-state index contributed by atoms with van der Waals surface area (Å²) < 4.78 is 10.9. The minimum atomic E-state index is 0.163. The fraction of sp³-hybridized carbons (Fsp3) is 0.783. The number of ether oxygens (including phenoxy) is 1. The van der Waals surface area contributed by atoms with Gasteiger partial charge in [0.15, 0.2) is 5.96 Å². The van der Waals surface area contributed by atoms with Gasteiger partial charge in [0.25, 0.3) is 0 Å². The molecule has 1 saturated heterocycles. The van der Waals surface area contributed by atoms with Crippen LogP contribution in [0.25, 0.3) is 0 Å². The number of nitrogens with one attached hydrogen (secondary N) is 2. The number of hydrogen-bond acceptors (Lipinski definition) is 5.